The van der Waals surface area contributed by atoms with Crippen LogP contribution in [0.15, 0.2) is 56.8 Å². The highest BCUT2D eigenvalue weighted by atomic mass is 32.1. The number of hydrazone groups is 1. The lowest BCUT2D eigenvalue weighted by Gasteiger charge is -2.22. The Kier molecular flexibility index (Phi) is 4.75. The van der Waals surface area contributed by atoms with Crippen LogP contribution in [0.5, 0.6) is 0 Å². The van der Waals surface area contributed by atoms with Crippen LogP contribution >= 0.6 is 11.3 Å². The van der Waals surface area contributed by atoms with Crippen molar-refractivity contribution >= 4 is 34.6 Å². The quantitative estimate of drug-likeness (QED) is 0.629. The van der Waals surface area contributed by atoms with Crippen molar-refractivity contribution in [1.29, 1.82) is 0 Å². The largest absolute Gasteiger partial charge is 0.453 e. The fourth-order valence-corrected chi connectivity index (χ4v) is 3.13. The van der Waals surface area contributed by atoms with Gasteiger partial charge in [0.2, 0.25) is 11.7 Å². The minimum Gasteiger partial charge on any atom is -0.453 e. The molecule has 1 aromatic carbocycles. The van der Waals surface area contributed by atoms with E-state index in [1.807, 2.05) is 22.9 Å². The van der Waals surface area contributed by atoms with E-state index in [4.69, 9.17) is 9.26 Å². The number of hydrogen-bond donors (Lipinski definition) is 0. The first-order valence-corrected chi connectivity index (χ1v) is 9.13. The van der Waals surface area contributed by atoms with Gasteiger partial charge in [0.25, 0.3) is 5.89 Å². The van der Waals surface area contributed by atoms with Crippen LogP contribution in [0.4, 0.5) is 5.69 Å². The van der Waals surface area contributed by atoms with Crippen molar-refractivity contribution in [2.45, 2.75) is 19.4 Å². The number of amides is 1. The van der Waals surface area contributed by atoms with Gasteiger partial charge in [0, 0.05) is 18.2 Å². The number of aromatic nitrogens is 2. The molecule has 0 saturated heterocycles. The average Bonchev–Trinajstić information content (AvgIpc) is 3.39. The molecule has 0 fully saturated rings. The zero-order valence-electron chi connectivity index (χ0n) is 14.1. The molecule has 9 heteroatoms. The standard InChI is InChI=1S/C18H14N4O4S/c23-16-7-6-14(20-22(16)13-4-2-1-3-5-13)18(24)25-10-15-19-17(26-21-15)12-8-9-27-11-12/h1-5,8-9,11H,6-7,10H2. The molecular formula is C18H14N4O4S. The predicted octanol–water partition coefficient (Wildman–Crippen LogP) is 3.02. The fourth-order valence-electron chi connectivity index (χ4n) is 2.50. The van der Waals surface area contributed by atoms with Gasteiger partial charge >= 0.3 is 5.97 Å². The third-order valence-electron chi connectivity index (χ3n) is 3.84. The Balaban J connectivity index is 1.43. The average molecular weight is 382 g/mol. The summed E-state index contributed by atoms with van der Waals surface area (Å²) in [6.07, 6.45) is 0.417. The summed E-state index contributed by atoms with van der Waals surface area (Å²) in [5.74, 6) is -0.142. The van der Waals surface area contributed by atoms with E-state index in [-0.39, 0.29) is 36.9 Å². The molecule has 1 aliphatic heterocycles. The number of nitrogens with zero attached hydrogens (tertiary/aromatic N) is 4. The molecule has 0 saturated carbocycles. The summed E-state index contributed by atoms with van der Waals surface area (Å²) in [4.78, 5) is 28.6. The molecule has 4 rings (SSSR count). The molecule has 0 spiro atoms. The van der Waals surface area contributed by atoms with Gasteiger partial charge in [0.15, 0.2) is 6.61 Å². The lowest BCUT2D eigenvalue weighted by Crippen LogP contribution is -2.34. The van der Waals surface area contributed by atoms with E-state index in [2.05, 4.69) is 15.2 Å². The summed E-state index contributed by atoms with van der Waals surface area (Å²) in [5, 5.41) is 13.0. The Labute approximate surface area is 158 Å². The Bertz CT molecular complexity index is 982. The summed E-state index contributed by atoms with van der Waals surface area (Å²) in [5.41, 5.74) is 1.60. The van der Waals surface area contributed by atoms with Crippen molar-refractivity contribution in [3.8, 4) is 11.5 Å². The van der Waals surface area contributed by atoms with Crippen LogP contribution in [0.25, 0.3) is 11.5 Å². The first-order chi connectivity index (χ1) is 13.2. The van der Waals surface area contributed by atoms with Crippen molar-refractivity contribution in [3.63, 3.8) is 0 Å². The first kappa shape index (κ1) is 17.1. The molecule has 1 amide bonds. The minimum absolute atomic E-state index is 0.134. The van der Waals surface area contributed by atoms with E-state index < -0.39 is 5.97 Å². The lowest BCUT2D eigenvalue weighted by atomic mass is 10.1. The molecule has 2 aromatic heterocycles. The van der Waals surface area contributed by atoms with Crippen LogP contribution in [-0.2, 0) is 20.9 Å². The van der Waals surface area contributed by atoms with E-state index in [9.17, 15) is 9.59 Å². The molecule has 0 aliphatic carbocycles. The molecule has 0 N–H and O–H groups in total. The molecule has 0 bridgehead atoms. The maximum absolute atomic E-state index is 12.3. The Morgan fingerprint density at radius 2 is 2.07 bits per heavy atom. The molecule has 0 radical (unpaired) electrons. The predicted molar refractivity (Wildman–Crippen MR) is 98.0 cm³/mol. The van der Waals surface area contributed by atoms with Gasteiger partial charge in [-0.15, -0.1) is 0 Å². The van der Waals surface area contributed by atoms with Gasteiger partial charge in [0.05, 0.1) is 11.3 Å². The Morgan fingerprint density at radius 1 is 1.22 bits per heavy atom. The third kappa shape index (κ3) is 3.77. The summed E-state index contributed by atoms with van der Waals surface area (Å²) in [6, 6.07) is 10.8. The van der Waals surface area contributed by atoms with Gasteiger partial charge in [-0.2, -0.15) is 21.4 Å². The molecular weight excluding hydrogens is 368 g/mol. The minimum atomic E-state index is -0.606. The number of rotatable bonds is 5. The van der Waals surface area contributed by atoms with Crippen LogP contribution in [0.1, 0.15) is 18.7 Å². The molecule has 136 valence electrons. The van der Waals surface area contributed by atoms with E-state index >= 15 is 0 Å². The lowest BCUT2D eigenvalue weighted by molar-refractivity contribution is -0.137. The SMILES string of the molecule is O=C(OCc1noc(-c2ccsc2)n1)C1=NN(c2ccccc2)C(=O)CC1. The Hall–Kier alpha value is -3.33. The smallest absolute Gasteiger partial charge is 0.354 e. The molecule has 27 heavy (non-hydrogen) atoms. The van der Waals surface area contributed by atoms with E-state index in [0.717, 1.165) is 5.56 Å². The van der Waals surface area contributed by atoms with Gasteiger partial charge in [0.1, 0.15) is 5.71 Å². The second kappa shape index (κ2) is 7.50. The van der Waals surface area contributed by atoms with Crippen LogP contribution in [0, 0.1) is 0 Å². The number of thiophene rings is 1. The van der Waals surface area contributed by atoms with Crippen LogP contribution < -0.4 is 5.01 Å². The number of carbonyl (C=O) groups is 2. The molecule has 0 unspecified atom stereocenters. The highest BCUT2D eigenvalue weighted by molar-refractivity contribution is 7.08. The van der Waals surface area contributed by atoms with Gasteiger partial charge in [-0.05, 0) is 23.6 Å². The van der Waals surface area contributed by atoms with Crippen molar-refractivity contribution in [3.05, 3.63) is 53.0 Å². The van der Waals surface area contributed by atoms with E-state index in [1.165, 1.54) is 16.3 Å². The summed E-state index contributed by atoms with van der Waals surface area (Å²) < 4.78 is 10.4. The van der Waals surface area contributed by atoms with Crippen LogP contribution in [-0.4, -0.2) is 27.7 Å². The monoisotopic (exact) mass is 382 g/mol. The van der Waals surface area contributed by atoms with Crippen LogP contribution in [0.2, 0.25) is 0 Å². The van der Waals surface area contributed by atoms with Crippen molar-refractivity contribution < 1.29 is 18.8 Å². The highest BCUT2D eigenvalue weighted by Gasteiger charge is 2.26. The number of benzene rings is 1. The first-order valence-electron chi connectivity index (χ1n) is 8.18. The zero-order chi connectivity index (χ0) is 18.6. The van der Waals surface area contributed by atoms with Gasteiger partial charge in [-0.3, -0.25) is 4.79 Å². The zero-order valence-corrected chi connectivity index (χ0v) is 14.9. The Morgan fingerprint density at radius 3 is 2.85 bits per heavy atom. The maximum Gasteiger partial charge on any atom is 0.354 e. The van der Waals surface area contributed by atoms with Crippen molar-refractivity contribution in [2.75, 3.05) is 5.01 Å². The summed E-state index contributed by atoms with van der Waals surface area (Å²) in [6.45, 7) is -0.134. The fraction of sp³-hybridized carbons (Fsp3) is 0.167. The maximum atomic E-state index is 12.3. The highest BCUT2D eigenvalue weighted by Crippen LogP contribution is 2.21. The van der Waals surface area contributed by atoms with Crippen molar-refractivity contribution in [2.24, 2.45) is 5.10 Å². The van der Waals surface area contributed by atoms with Gasteiger partial charge in [-0.1, -0.05) is 23.4 Å². The molecule has 8 nitrogen and oxygen atoms in total. The molecule has 0 atom stereocenters. The summed E-state index contributed by atoms with van der Waals surface area (Å²) >= 11 is 1.52. The van der Waals surface area contributed by atoms with Crippen LogP contribution in [0.3, 0.4) is 0 Å². The second-order valence-corrected chi connectivity index (χ2v) is 6.47. The number of para-hydroxylation sites is 1. The van der Waals surface area contributed by atoms with E-state index in [1.54, 1.807) is 24.3 Å². The molecule has 1 aliphatic rings. The third-order valence-corrected chi connectivity index (χ3v) is 4.52. The molecule has 3 heterocycles. The van der Waals surface area contributed by atoms with E-state index in [0.29, 0.717) is 11.6 Å². The molecule has 3 aromatic rings. The number of esters is 1. The normalized spacial score (nSPS) is 14.1. The topological polar surface area (TPSA) is 97.9 Å². The number of ether oxygens (including phenoxy) is 1. The number of hydrogen-bond acceptors (Lipinski definition) is 8. The van der Waals surface area contributed by atoms with Gasteiger partial charge in [-0.25, -0.2) is 9.80 Å². The summed E-state index contributed by atoms with van der Waals surface area (Å²) in [7, 11) is 0. The van der Waals surface area contributed by atoms with Gasteiger partial charge < -0.3 is 9.26 Å². The number of carbonyl (C=O) groups excluding carboxylic acids is 2. The van der Waals surface area contributed by atoms with Crippen molar-refractivity contribution in [1.82, 2.24) is 10.1 Å². The second-order valence-electron chi connectivity index (χ2n) is 5.69. The number of anilines is 1.